The van der Waals surface area contributed by atoms with Gasteiger partial charge in [0.1, 0.15) is 6.17 Å². The van der Waals surface area contributed by atoms with E-state index in [0.29, 0.717) is 31.4 Å². The molecule has 4 aliphatic rings. The highest BCUT2D eigenvalue weighted by Crippen LogP contribution is 2.54. The van der Waals surface area contributed by atoms with E-state index in [1.807, 2.05) is 6.92 Å². The minimum absolute atomic E-state index is 0.0595. The summed E-state index contributed by atoms with van der Waals surface area (Å²) in [7, 11) is -2.98. The maximum atomic E-state index is 14.3. The summed E-state index contributed by atoms with van der Waals surface area (Å²) < 4.78 is 21.2. The quantitative estimate of drug-likeness (QED) is 0.266. The maximum Gasteiger partial charge on any atom is 0.269 e. The molecule has 0 spiro atoms. The molecule has 9 nitrogen and oxygen atoms in total. The van der Waals surface area contributed by atoms with Crippen LogP contribution in [0.1, 0.15) is 25.3 Å². The van der Waals surface area contributed by atoms with Gasteiger partial charge in [0.05, 0.1) is 30.8 Å². The van der Waals surface area contributed by atoms with Crippen molar-refractivity contribution < 1.29 is 18.5 Å². The van der Waals surface area contributed by atoms with Crippen molar-refractivity contribution in [3.63, 3.8) is 0 Å². The lowest BCUT2D eigenvalue weighted by atomic mass is 9.98. The second kappa shape index (κ2) is 8.78. The number of nitro groups is 1. The van der Waals surface area contributed by atoms with Gasteiger partial charge in [0, 0.05) is 57.8 Å². The molecule has 5 rings (SSSR count). The van der Waals surface area contributed by atoms with E-state index in [4.69, 9.17) is 4.52 Å². The summed E-state index contributed by atoms with van der Waals surface area (Å²) in [6, 6.07) is 6.46. The van der Waals surface area contributed by atoms with Gasteiger partial charge in [-0.15, -0.1) is 0 Å². The lowest BCUT2D eigenvalue weighted by Gasteiger charge is -2.65. The summed E-state index contributed by atoms with van der Waals surface area (Å²) in [5, 5.41) is 11.0. The topological polar surface area (TPSA) is 79.2 Å². The fourth-order valence-electron chi connectivity index (χ4n) is 6.61. The summed E-state index contributed by atoms with van der Waals surface area (Å²) in [5.74, 6) is 0. The highest BCUT2D eigenvalue weighted by Gasteiger charge is 2.59. The molecule has 0 N–H and O–H groups in total. The van der Waals surface area contributed by atoms with E-state index in [1.165, 1.54) is 18.6 Å². The zero-order valence-electron chi connectivity index (χ0n) is 19.0. The minimum atomic E-state index is -2.98. The molecule has 0 aromatic heterocycles. The third-order valence-corrected chi connectivity index (χ3v) is 10.4. The number of benzene rings is 1. The highest BCUT2D eigenvalue weighted by molar-refractivity contribution is 7.57. The van der Waals surface area contributed by atoms with Gasteiger partial charge in [0.25, 0.3) is 13.1 Å². The first-order valence-electron chi connectivity index (χ1n) is 12.0. The van der Waals surface area contributed by atoms with Crippen LogP contribution in [-0.2, 0) is 15.3 Å². The zero-order valence-corrected chi connectivity index (χ0v) is 19.9. The van der Waals surface area contributed by atoms with Crippen molar-refractivity contribution >= 4 is 13.1 Å². The number of rotatable bonds is 7. The molecule has 4 fully saturated rings. The Balaban J connectivity index is 1.43. The molecular weight excluding hydrogens is 429 g/mol. The van der Waals surface area contributed by atoms with E-state index in [-0.39, 0.29) is 5.69 Å². The van der Waals surface area contributed by atoms with Crippen molar-refractivity contribution in [1.29, 1.82) is 0 Å². The van der Waals surface area contributed by atoms with Crippen molar-refractivity contribution in [2.24, 2.45) is 0 Å². The van der Waals surface area contributed by atoms with Crippen molar-refractivity contribution in [1.82, 2.24) is 14.7 Å². The fraction of sp³-hybridized carbons (Fsp3) is 0.727. The number of non-ortho nitro benzene ring substituents is 1. The van der Waals surface area contributed by atoms with E-state index in [0.717, 1.165) is 68.8 Å². The first-order chi connectivity index (χ1) is 15.4. The predicted octanol–water partition coefficient (Wildman–Crippen LogP) is 2.58. The summed E-state index contributed by atoms with van der Waals surface area (Å²) in [5.41, 5.74) is 0.908. The van der Waals surface area contributed by atoms with Crippen LogP contribution in [0.2, 0.25) is 0 Å². The van der Waals surface area contributed by atoms with E-state index in [1.54, 1.807) is 12.1 Å². The van der Waals surface area contributed by atoms with Crippen LogP contribution in [0.5, 0.6) is 0 Å². The maximum absolute atomic E-state index is 14.3. The molecule has 4 aliphatic heterocycles. The van der Waals surface area contributed by atoms with Gasteiger partial charge in [-0.3, -0.25) is 33.9 Å². The normalized spacial score (nSPS) is 32.8. The molecule has 4 unspecified atom stereocenters. The molecule has 1 aromatic carbocycles. The van der Waals surface area contributed by atoms with Crippen molar-refractivity contribution in [3.8, 4) is 0 Å². The number of nitrogens with zero attached hydrogens (tertiary/aromatic N) is 5. The van der Waals surface area contributed by atoms with Crippen LogP contribution >= 0.6 is 7.37 Å². The van der Waals surface area contributed by atoms with E-state index < -0.39 is 12.3 Å². The molecule has 32 heavy (non-hydrogen) atoms. The van der Waals surface area contributed by atoms with E-state index in [2.05, 4.69) is 14.7 Å². The Hall–Kier alpha value is -1.35. The Bertz CT molecular complexity index is 893. The Labute approximate surface area is 190 Å². The number of quaternary nitrogens is 1. The molecule has 0 aliphatic carbocycles. The van der Waals surface area contributed by atoms with Crippen LogP contribution in [0.25, 0.3) is 0 Å². The summed E-state index contributed by atoms with van der Waals surface area (Å²) in [4.78, 5) is 18.6. The monoisotopic (exact) mass is 464 g/mol. The zero-order chi connectivity index (χ0) is 22.3. The van der Waals surface area contributed by atoms with Gasteiger partial charge in [0.2, 0.25) is 0 Å². The molecular formula is C22H35N5O4P+. The second-order valence-electron chi connectivity index (χ2n) is 9.76. The predicted molar refractivity (Wildman–Crippen MR) is 122 cm³/mol. The van der Waals surface area contributed by atoms with Gasteiger partial charge >= 0.3 is 0 Å². The molecule has 10 heteroatoms. The second-order valence-corrected chi connectivity index (χ2v) is 12.2. The van der Waals surface area contributed by atoms with Crippen LogP contribution in [0.15, 0.2) is 24.3 Å². The van der Waals surface area contributed by atoms with Crippen molar-refractivity contribution in [2.45, 2.75) is 38.3 Å². The largest absolute Gasteiger partial charge is 0.325 e. The Kier molecular flexibility index (Phi) is 6.16. The number of piperazine rings is 2. The highest BCUT2D eigenvalue weighted by atomic mass is 31.2. The van der Waals surface area contributed by atoms with Crippen LogP contribution < -0.4 is 0 Å². The molecule has 1 aromatic rings. The molecule has 0 amide bonds. The smallest absolute Gasteiger partial charge is 0.269 e. The standard InChI is InChI=1S/C22H35N5O4P/c1-2-31-32(30,17-19-5-7-20(8-6-19)26(28)29)18-27-15-4-11-25-13-12-23-9-3-10-24(14-16-27)21(23)22(25)27/h5-8,21-22H,2-4,9-18H2,1H3/q+1. The summed E-state index contributed by atoms with van der Waals surface area (Å²) in [6.07, 6.45) is 4.03. The average molecular weight is 465 g/mol. The summed E-state index contributed by atoms with van der Waals surface area (Å²) in [6.45, 7) is 11.1. The third kappa shape index (κ3) is 4.04. The van der Waals surface area contributed by atoms with Gasteiger partial charge in [0.15, 0.2) is 12.5 Å². The molecule has 4 atom stereocenters. The fourth-order valence-corrected chi connectivity index (χ4v) is 9.43. The average Bonchev–Trinajstić information content (AvgIpc) is 2.78. The number of hydrogen-bond donors (Lipinski definition) is 0. The Morgan fingerprint density at radius 3 is 2.44 bits per heavy atom. The minimum Gasteiger partial charge on any atom is -0.325 e. The molecule has 4 heterocycles. The van der Waals surface area contributed by atoms with Crippen LogP contribution in [0.4, 0.5) is 5.69 Å². The Morgan fingerprint density at radius 2 is 1.72 bits per heavy atom. The number of hydrogen-bond acceptors (Lipinski definition) is 7. The molecule has 0 bridgehead atoms. The third-order valence-electron chi connectivity index (χ3n) is 7.83. The van der Waals surface area contributed by atoms with Crippen molar-refractivity contribution in [3.05, 3.63) is 39.9 Å². The van der Waals surface area contributed by atoms with Gasteiger partial charge in [-0.05, 0) is 18.9 Å². The van der Waals surface area contributed by atoms with Crippen LogP contribution in [0.3, 0.4) is 0 Å². The van der Waals surface area contributed by atoms with Gasteiger partial charge < -0.3 is 4.52 Å². The lowest BCUT2D eigenvalue weighted by Crippen LogP contribution is -2.83. The summed E-state index contributed by atoms with van der Waals surface area (Å²) >= 11 is 0. The molecule has 176 valence electrons. The SMILES string of the molecule is CCOP(=O)(Cc1ccc([N+](=O)[O-])cc1)C[N+]12CCCN3CCN4CCCN(CC1)C4C32. The van der Waals surface area contributed by atoms with Crippen molar-refractivity contribution in [2.75, 3.05) is 65.3 Å². The Morgan fingerprint density at radius 1 is 1.03 bits per heavy atom. The van der Waals surface area contributed by atoms with Gasteiger partial charge in [-0.2, -0.15) is 0 Å². The van der Waals surface area contributed by atoms with Gasteiger partial charge in [-0.25, -0.2) is 0 Å². The first kappa shape index (κ1) is 22.4. The molecule has 0 saturated carbocycles. The van der Waals surface area contributed by atoms with Crippen LogP contribution in [0, 0.1) is 10.1 Å². The van der Waals surface area contributed by atoms with E-state index >= 15 is 0 Å². The van der Waals surface area contributed by atoms with Gasteiger partial charge in [-0.1, -0.05) is 12.1 Å². The first-order valence-corrected chi connectivity index (χ1v) is 14.0. The van der Waals surface area contributed by atoms with E-state index in [9.17, 15) is 14.7 Å². The molecule has 4 saturated heterocycles. The van der Waals surface area contributed by atoms with Crippen LogP contribution in [-0.4, -0.2) is 102 Å². The number of nitro benzene ring substituents is 1. The molecule has 0 radical (unpaired) electrons. The lowest BCUT2D eigenvalue weighted by molar-refractivity contribution is -0.969.